The zero-order chi connectivity index (χ0) is 22.5. The van der Waals surface area contributed by atoms with E-state index in [-0.39, 0.29) is 11.5 Å². The van der Waals surface area contributed by atoms with Gasteiger partial charge in [0.2, 0.25) is 6.29 Å². The molecule has 1 saturated heterocycles. The standard InChI is InChI=1S/C22H28O9/c1-28-16-6-5-12(9-17(16)29-2)3-4-13-7-14(24)10-15(8-13)30-22-21(27)20(26)19(25)18(11-23)31-22/h5-10,18-27H,3-4,11H2,1-2H3/t18-,19-,20+,21-,22-/m1/s1. The Morgan fingerprint density at radius 1 is 0.839 bits per heavy atom. The number of aromatic hydroxyl groups is 1. The van der Waals surface area contributed by atoms with Crippen molar-refractivity contribution in [2.75, 3.05) is 20.8 Å². The normalized spacial score (nSPS) is 25.8. The van der Waals surface area contributed by atoms with Gasteiger partial charge in [-0.1, -0.05) is 6.07 Å². The SMILES string of the molecule is COc1ccc(CCc2cc(O)cc(O[C@@H]3O[C@H](CO)[C@@H](O)[C@H](O)[C@H]3O)c2)cc1OC. The first-order chi connectivity index (χ1) is 14.9. The molecule has 0 aromatic heterocycles. The van der Waals surface area contributed by atoms with Gasteiger partial charge in [0.05, 0.1) is 20.8 Å². The molecule has 0 radical (unpaired) electrons. The van der Waals surface area contributed by atoms with E-state index in [1.807, 2.05) is 18.2 Å². The first-order valence-electron chi connectivity index (χ1n) is 9.87. The minimum Gasteiger partial charge on any atom is -0.508 e. The first kappa shape index (κ1) is 23.1. The summed E-state index contributed by atoms with van der Waals surface area (Å²) in [5, 5.41) is 49.3. The molecule has 0 saturated carbocycles. The van der Waals surface area contributed by atoms with Crippen LogP contribution in [0.15, 0.2) is 36.4 Å². The molecular weight excluding hydrogens is 408 g/mol. The van der Waals surface area contributed by atoms with Gasteiger partial charge < -0.3 is 44.5 Å². The van der Waals surface area contributed by atoms with Crippen LogP contribution in [0.4, 0.5) is 0 Å². The molecule has 1 aliphatic rings. The number of ether oxygens (including phenoxy) is 4. The van der Waals surface area contributed by atoms with E-state index in [4.69, 9.17) is 18.9 Å². The summed E-state index contributed by atoms with van der Waals surface area (Å²) in [6, 6.07) is 10.3. The van der Waals surface area contributed by atoms with Gasteiger partial charge in [0, 0.05) is 6.07 Å². The molecule has 1 heterocycles. The summed E-state index contributed by atoms with van der Waals surface area (Å²) < 4.78 is 21.5. The molecule has 3 rings (SSSR count). The highest BCUT2D eigenvalue weighted by molar-refractivity contribution is 5.43. The van der Waals surface area contributed by atoms with Crippen LogP contribution in [0.25, 0.3) is 0 Å². The molecule has 170 valence electrons. The Morgan fingerprint density at radius 3 is 2.23 bits per heavy atom. The van der Waals surface area contributed by atoms with E-state index in [1.165, 1.54) is 6.07 Å². The van der Waals surface area contributed by atoms with E-state index in [9.17, 15) is 25.5 Å². The van der Waals surface area contributed by atoms with Crippen molar-refractivity contribution in [3.63, 3.8) is 0 Å². The number of phenolic OH excluding ortho intramolecular Hbond substituents is 1. The molecule has 9 heteroatoms. The highest BCUT2D eigenvalue weighted by Gasteiger charge is 2.44. The zero-order valence-electron chi connectivity index (χ0n) is 17.3. The average molecular weight is 436 g/mol. The van der Waals surface area contributed by atoms with Gasteiger partial charge in [-0.3, -0.25) is 0 Å². The quantitative estimate of drug-likeness (QED) is 0.397. The second-order valence-electron chi connectivity index (χ2n) is 7.34. The first-order valence-corrected chi connectivity index (χ1v) is 9.87. The van der Waals surface area contributed by atoms with Gasteiger partial charge in [-0.2, -0.15) is 0 Å². The molecule has 0 amide bonds. The monoisotopic (exact) mass is 436 g/mol. The Kier molecular flexibility index (Phi) is 7.58. The van der Waals surface area contributed by atoms with Crippen molar-refractivity contribution in [3.05, 3.63) is 47.5 Å². The number of benzene rings is 2. The van der Waals surface area contributed by atoms with Gasteiger partial charge in [-0.05, 0) is 48.2 Å². The van der Waals surface area contributed by atoms with Crippen molar-refractivity contribution in [1.82, 2.24) is 0 Å². The molecule has 1 fully saturated rings. The van der Waals surface area contributed by atoms with Gasteiger partial charge >= 0.3 is 0 Å². The van der Waals surface area contributed by atoms with Crippen LogP contribution in [0.2, 0.25) is 0 Å². The van der Waals surface area contributed by atoms with Gasteiger partial charge in [0.1, 0.15) is 35.9 Å². The van der Waals surface area contributed by atoms with Crippen LogP contribution in [0.1, 0.15) is 11.1 Å². The highest BCUT2D eigenvalue weighted by atomic mass is 16.7. The summed E-state index contributed by atoms with van der Waals surface area (Å²) in [5.74, 6) is 1.44. The fourth-order valence-corrected chi connectivity index (χ4v) is 3.48. The summed E-state index contributed by atoms with van der Waals surface area (Å²) >= 11 is 0. The number of methoxy groups -OCH3 is 2. The van der Waals surface area contributed by atoms with Crippen LogP contribution in [0.3, 0.4) is 0 Å². The summed E-state index contributed by atoms with van der Waals surface area (Å²) in [6.45, 7) is -0.554. The third kappa shape index (κ3) is 5.38. The number of hydrogen-bond donors (Lipinski definition) is 5. The summed E-state index contributed by atoms with van der Waals surface area (Å²) in [7, 11) is 3.14. The molecule has 0 bridgehead atoms. The van der Waals surface area contributed by atoms with Crippen molar-refractivity contribution in [2.45, 2.75) is 43.5 Å². The lowest BCUT2D eigenvalue weighted by atomic mass is 9.99. The van der Waals surface area contributed by atoms with Crippen molar-refractivity contribution in [1.29, 1.82) is 0 Å². The van der Waals surface area contributed by atoms with Crippen molar-refractivity contribution < 1.29 is 44.5 Å². The Morgan fingerprint density at radius 2 is 1.55 bits per heavy atom. The minimum atomic E-state index is -1.54. The molecule has 2 aromatic rings. The molecular formula is C22H28O9. The van der Waals surface area contributed by atoms with Crippen LogP contribution in [-0.2, 0) is 17.6 Å². The second kappa shape index (κ2) is 10.2. The number of aryl methyl sites for hydroxylation is 2. The van der Waals surface area contributed by atoms with Gasteiger partial charge in [0.25, 0.3) is 0 Å². The van der Waals surface area contributed by atoms with E-state index in [1.54, 1.807) is 26.4 Å². The summed E-state index contributed by atoms with van der Waals surface area (Å²) in [6.07, 6.45) is -5.71. The lowest BCUT2D eigenvalue weighted by Crippen LogP contribution is -2.60. The van der Waals surface area contributed by atoms with Crippen LogP contribution >= 0.6 is 0 Å². The molecule has 2 aromatic carbocycles. The van der Waals surface area contributed by atoms with Crippen LogP contribution < -0.4 is 14.2 Å². The van der Waals surface area contributed by atoms with Crippen molar-refractivity contribution in [2.24, 2.45) is 0 Å². The summed E-state index contributed by atoms with van der Waals surface area (Å²) in [5.41, 5.74) is 1.78. The average Bonchev–Trinajstić information content (AvgIpc) is 2.77. The van der Waals surface area contributed by atoms with Crippen molar-refractivity contribution >= 4 is 0 Å². The number of rotatable bonds is 8. The maximum Gasteiger partial charge on any atom is 0.229 e. The maximum atomic E-state index is 10.1. The largest absolute Gasteiger partial charge is 0.508 e. The molecule has 5 atom stereocenters. The number of aliphatic hydroxyl groups is 4. The Bertz CT molecular complexity index is 870. The Hall–Kier alpha value is -2.56. The van der Waals surface area contributed by atoms with E-state index in [0.717, 1.165) is 11.1 Å². The number of aliphatic hydroxyl groups excluding tert-OH is 4. The predicted octanol–water partition coefficient (Wildman–Crippen LogP) is 0.373. The fraction of sp³-hybridized carbons (Fsp3) is 0.455. The smallest absolute Gasteiger partial charge is 0.229 e. The minimum absolute atomic E-state index is 0.0376. The van der Waals surface area contributed by atoms with Crippen LogP contribution in [-0.4, -0.2) is 77.1 Å². The Labute approximate surface area is 180 Å². The third-order valence-electron chi connectivity index (χ3n) is 5.20. The van der Waals surface area contributed by atoms with E-state index >= 15 is 0 Å². The molecule has 0 aliphatic carbocycles. The molecule has 1 aliphatic heterocycles. The van der Waals surface area contributed by atoms with Gasteiger partial charge in [-0.15, -0.1) is 0 Å². The predicted molar refractivity (Wildman–Crippen MR) is 109 cm³/mol. The second-order valence-corrected chi connectivity index (χ2v) is 7.34. The van der Waals surface area contributed by atoms with Gasteiger partial charge in [0.15, 0.2) is 11.5 Å². The number of hydrogen-bond acceptors (Lipinski definition) is 9. The molecule has 0 spiro atoms. The van der Waals surface area contributed by atoms with E-state index in [2.05, 4.69) is 0 Å². The Balaban J connectivity index is 1.70. The highest BCUT2D eigenvalue weighted by Crippen LogP contribution is 2.30. The fourth-order valence-electron chi connectivity index (χ4n) is 3.48. The molecule has 0 unspecified atom stereocenters. The van der Waals surface area contributed by atoms with Gasteiger partial charge in [-0.25, -0.2) is 0 Å². The lowest BCUT2D eigenvalue weighted by molar-refractivity contribution is -0.277. The molecule has 9 nitrogen and oxygen atoms in total. The summed E-state index contributed by atoms with van der Waals surface area (Å²) in [4.78, 5) is 0. The topological polar surface area (TPSA) is 138 Å². The molecule has 31 heavy (non-hydrogen) atoms. The van der Waals surface area contributed by atoms with Crippen LogP contribution in [0, 0.1) is 0 Å². The lowest BCUT2D eigenvalue weighted by Gasteiger charge is -2.39. The van der Waals surface area contributed by atoms with Crippen molar-refractivity contribution in [3.8, 4) is 23.0 Å². The maximum absolute atomic E-state index is 10.1. The molecule has 5 N–H and O–H groups in total. The number of phenols is 1. The van der Waals surface area contributed by atoms with E-state index in [0.29, 0.717) is 24.3 Å². The third-order valence-corrected chi connectivity index (χ3v) is 5.20. The van der Waals surface area contributed by atoms with E-state index < -0.39 is 37.3 Å². The van der Waals surface area contributed by atoms with Crippen LogP contribution in [0.5, 0.6) is 23.0 Å². The zero-order valence-corrected chi connectivity index (χ0v) is 17.3.